The highest BCUT2D eigenvalue weighted by atomic mass is 35.5. The minimum Gasteiger partial charge on any atom is -0.463 e. The van der Waals surface area contributed by atoms with Crippen LogP contribution in [-0.2, 0) is 19.1 Å². The number of likely N-dealkylation sites (tertiary alicyclic amines) is 1. The Labute approximate surface area is 170 Å². The Balaban J connectivity index is 1.94. The summed E-state index contributed by atoms with van der Waals surface area (Å²) in [6.45, 7) is 5.10. The number of halogens is 1. The number of nitrogens with zero attached hydrogens (tertiary/aromatic N) is 2. The largest absolute Gasteiger partial charge is 0.463 e. The van der Waals surface area contributed by atoms with E-state index >= 15 is 0 Å². The lowest BCUT2D eigenvalue weighted by Crippen LogP contribution is -2.44. The molecule has 6 nitrogen and oxygen atoms in total. The maximum absolute atomic E-state index is 12.9. The molecular weight excluding hydrogens is 380 g/mol. The van der Waals surface area contributed by atoms with E-state index in [2.05, 4.69) is 0 Å². The molecule has 1 aromatic carbocycles. The first-order chi connectivity index (χ1) is 13.4. The number of esters is 1. The minimum absolute atomic E-state index is 0.0408. The third-order valence-corrected chi connectivity index (χ3v) is 5.59. The number of hydrogen-bond donors (Lipinski definition) is 0. The molecule has 2 amide bonds. The molecule has 2 aliphatic rings. The zero-order valence-corrected chi connectivity index (χ0v) is 17.0. The second-order valence-electron chi connectivity index (χ2n) is 7.10. The molecule has 150 valence electrons. The number of hydrogen-bond acceptors (Lipinski definition) is 4. The monoisotopic (exact) mass is 404 g/mol. The average Bonchev–Trinajstić information content (AvgIpc) is 3.20. The maximum atomic E-state index is 12.9. The first-order valence-corrected chi connectivity index (χ1v) is 10.0. The van der Waals surface area contributed by atoms with Crippen molar-refractivity contribution in [1.82, 2.24) is 9.80 Å². The highest BCUT2D eigenvalue weighted by Crippen LogP contribution is 2.37. The molecule has 0 aromatic heterocycles. The summed E-state index contributed by atoms with van der Waals surface area (Å²) in [7, 11) is 0. The van der Waals surface area contributed by atoms with Crippen LogP contribution in [0, 0.1) is 0 Å². The molecule has 1 aromatic rings. The summed E-state index contributed by atoms with van der Waals surface area (Å²) in [5.41, 5.74) is 1.74. The molecule has 1 fully saturated rings. The van der Waals surface area contributed by atoms with E-state index in [1.807, 2.05) is 12.1 Å². The van der Waals surface area contributed by atoms with Crippen molar-refractivity contribution in [3.8, 4) is 0 Å². The molecule has 28 heavy (non-hydrogen) atoms. The fourth-order valence-electron chi connectivity index (χ4n) is 3.86. The molecule has 7 heteroatoms. The second-order valence-corrected chi connectivity index (χ2v) is 7.53. The summed E-state index contributed by atoms with van der Waals surface area (Å²) < 4.78 is 5.26. The van der Waals surface area contributed by atoms with Gasteiger partial charge in [-0.1, -0.05) is 23.7 Å². The van der Waals surface area contributed by atoms with Gasteiger partial charge in [-0.25, -0.2) is 4.79 Å². The van der Waals surface area contributed by atoms with Crippen LogP contribution in [0.25, 0.3) is 0 Å². The van der Waals surface area contributed by atoms with Gasteiger partial charge in [0.1, 0.15) is 6.54 Å². The Hall–Kier alpha value is -2.34. The summed E-state index contributed by atoms with van der Waals surface area (Å²) >= 11 is 5.98. The standard InChI is InChI=1S/C21H25ClN2O4/c1-3-28-21(27)20-14(2)24(13-19(26)23-10-4-5-11-23)18(25)12-17(20)15-6-8-16(22)9-7-15/h6-9,17H,3-5,10-13H2,1-2H3/t17-/m1/s1. The van der Waals surface area contributed by atoms with Crippen molar-refractivity contribution in [2.45, 2.75) is 39.0 Å². The Kier molecular flexibility index (Phi) is 6.39. The Morgan fingerprint density at radius 1 is 1.18 bits per heavy atom. The van der Waals surface area contributed by atoms with Crippen molar-refractivity contribution in [3.05, 3.63) is 46.1 Å². The number of carbonyl (C=O) groups is 3. The van der Waals surface area contributed by atoms with Gasteiger partial charge in [0.2, 0.25) is 11.8 Å². The van der Waals surface area contributed by atoms with Gasteiger partial charge in [0.05, 0.1) is 12.2 Å². The zero-order chi connectivity index (χ0) is 20.3. The van der Waals surface area contributed by atoms with Gasteiger partial charge in [-0.15, -0.1) is 0 Å². The van der Waals surface area contributed by atoms with Crippen LogP contribution in [0.2, 0.25) is 5.02 Å². The molecule has 1 saturated heterocycles. The summed E-state index contributed by atoms with van der Waals surface area (Å²) in [4.78, 5) is 41.4. The van der Waals surface area contributed by atoms with E-state index in [-0.39, 0.29) is 31.4 Å². The van der Waals surface area contributed by atoms with E-state index in [0.717, 1.165) is 31.5 Å². The molecule has 0 radical (unpaired) electrons. The van der Waals surface area contributed by atoms with Gasteiger partial charge < -0.3 is 14.5 Å². The quantitative estimate of drug-likeness (QED) is 0.707. The molecule has 3 rings (SSSR count). The van der Waals surface area contributed by atoms with Gasteiger partial charge in [-0.2, -0.15) is 0 Å². The van der Waals surface area contributed by atoms with E-state index < -0.39 is 11.9 Å². The first-order valence-electron chi connectivity index (χ1n) is 9.63. The smallest absolute Gasteiger partial charge is 0.336 e. The maximum Gasteiger partial charge on any atom is 0.336 e. The fourth-order valence-corrected chi connectivity index (χ4v) is 3.98. The lowest BCUT2D eigenvalue weighted by Gasteiger charge is -2.34. The van der Waals surface area contributed by atoms with Gasteiger partial charge in [-0.3, -0.25) is 9.59 Å². The van der Waals surface area contributed by atoms with Crippen LogP contribution in [0.4, 0.5) is 0 Å². The Bertz CT molecular complexity index is 797. The predicted molar refractivity (Wildman–Crippen MR) is 106 cm³/mol. The number of rotatable bonds is 5. The zero-order valence-electron chi connectivity index (χ0n) is 16.2. The molecule has 0 aliphatic carbocycles. The van der Waals surface area contributed by atoms with Crippen LogP contribution in [-0.4, -0.2) is 53.8 Å². The van der Waals surface area contributed by atoms with Crippen molar-refractivity contribution < 1.29 is 19.1 Å². The highest BCUT2D eigenvalue weighted by molar-refractivity contribution is 6.30. The molecular formula is C21H25ClN2O4. The SMILES string of the molecule is CCOC(=O)C1=C(C)N(CC(=O)N2CCCC2)C(=O)C[C@@H]1c1ccc(Cl)cc1. The van der Waals surface area contributed by atoms with Crippen molar-refractivity contribution >= 4 is 29.4 Å². The van der Waals surface area contributed by atoms with Crippen molar-refractivity contribution in [2.24, 2.45) is 0 Å². The van der Waals surface area contributed by atoms with Crippen LogP contribution in [0.3, 0.4) is 0 Å². The van der Waals surface area contributed by atoms with E-state index in [4.69, 9.17) is 16.3 Å². The molecule has 2 aliphatic heterocycles. The van der Waals surface area contributed by atoms with Crippen LogP contribution >= 0.6 is 11.6 Å². The number of carbonyl (C=O) groups excluding carboxylic acids is 3. The van der Waals surface area contributed by atoms with E-state index in [0.29, 0.717) is 16.3 Å². The summed E-state index contributed by atoms with van der Waals surface area (Å²) in [6.07, 6.45) is 2.09. The number of ether oxygens (including phenoxy) is 1. The lowest BCUT2D eigenvalue weighted by molar-refractivity contribution is -0.142. The van der Waals surface area contributed by atoms with Gasteiger partial charge in [0, 0.05) is 36.1 Å². The van der Waals surface area contributed by atoms with Gasteiger partial charge >= 0.3 is 5.97 Å². The fraction of sp³-hybridized carbons (Fsp3) is 0.476. The minimum atomic E-state index is -0.453. The van der Waals surface area contributed by atoms with Crippen molar-refractivity contribution in [2.75, 3.05) is 26.2 Å². The highest BCUT2D eigenvalue weighted by Gasteiger charge is 2.38. The topological polar surface area (TPSA) is 66.9 Å². The molecule has 0 saturated carbocycles. The lowest BCUT2D eigenvalue weighted by atomic mass is 9.83. The van der Waals surface area contributed by atoms with Crippen LogP contribution in [0.1, 0.15) is 44.6 Å². The Morgan fingerprint density at radius 3 is 2.43 bits per heavy atom. The summed E-state index contributed by atoms with van der Waals surface area (Å²) in [5.74, 6) is -1.12. The van der Waals surface area contributed by atoms with E-state index in [1.54, 1.807) is 30.9 Å². The van der Waals surface area contributed by atoms with Crippen LogP contribution in [0.5, 0.6) is 0 Å². The average molecular weight is 405 g/mol. The van der Waals surface area contributed by atoms with Gasteiger partial charge in [0.25, 0.3) is 0 Å². The third-order valence-electron chi connectivity index (χ3n) is 5.34. The second kappa shape index (κ2) is 8.78. The third kappa shape index (κ3) is 4.22. The number of benzene rings is 1. The normalized spacial score (nSPS) is 20.0. The van der Waals surface area contributed by atoms with Crippen molar-refractivity contribution in [1.29, 1.82) is 0 Å². The molecule has 2 heterocycles. The Morgan fingerprint density at radius 2 is 1.82 bits per heavy atom. The molecule has 0 bridgehead atoms. The van der Waals surface area contributed by atoms with Gasteiger partial charge in [0.15, 0.2) is 0 Å². The van der Waals surface area contributed by atoms with Gasteiger partial charge in [-0.05, 0) is 44.4 Å². The predicted octanol–water partition coefficient (Wildman–Crippen LogP) is 3.12. The first kappa shape index (κ1) is 20.4. The van der Waals surface area contributed by atoms with Crippen molar-refractivity contribution in [3.63, 3.8) is 0 Å². The summed E-state index contributed by atoms with van der Waals surface area (Å²) in [5, 5.41) is 0.585. The van der Waals surface area contributed by atoms with E-state index in [1.165, 1.54) is 4.90 Å². The number of allylic oxidation sites excluding steroid dienone is 1. The number of amides is 2. The van der Waals surface area contributed by atoms with Crippen LogP contribution < -0.4 is 0 Å². The summed E-state index contributed by atoms with van der Waals surface area (Å²) in [6, 6.07) is 7.11. The van der Waals surface area contributed by atoms with E-state index in [9.17, 15) is 14.4 Å². The molecule has 0 N–H and O–H groups in total. The molecule has 0 unspecified atom stereocenters. The van der Waals surface area contributed by atoms with Crippen LogP contribution in [0.15, 0.2) is 35.5 Å². The molecule has 0 spiro atoms. The molecule has 1 atom stereocenters.